The van der Waals surface area contributed by atoms with E-state index in [1.165, 1.54) is 0 Å². The third-order valence-electron chi connectivity index (χ3n) is 1.71. The van der Waals surface area contributed by atoms with Gasteiger partial charge >= 0.3 is 6.18 Å². The van der Waals surface area contributed by atoms with Crippen LogP contribution in [0.25, 0.3) is 0 Å². The Morgan fingerprint density at radius 2 is 1.87 bits per heavy atom. The summed E-state index contributed by atoms with van der Waals surface area (Å²) >= 11 is 0. The van der Waals surface area contributed by atoms with Crippen molar-refractivity contribution in [2.24, 2.45) is 0 Å². The zero-order chi connectivity index (χ0) is 11.3. The number of ether oxygens (including phenoxy) is 1. The average molecular weight is 214 g/mol. The van der Waals surface area contributed by atoms with E-state index in [-0.39, 0.29) is 6.61 Å². The van der Waals surface area contributed by atoms with Crippen LogP contribution in [0.2, 0.25) is 0 Å². The molecule has 0 saturated carbocycles. The molecule has 0 aliphatic heterocycles. The second-order valence-corrected chi connectivity index (χ2v) is 2.88. The standard InChI is InChI=1S/C11H9F3O/c1-2-10(11(12,13)14)15-8-9-6-4-3-5-7-9/h1,3-7,10H,8H2. The van der Waals surface area contributed by atoms with Crippen LogP contribution >= 0.6 is 0 Å². The Balaban J connectivity index is 2.54. The third kappa shape index (κ3) is 3.64. The Hall–Kier alpha value is -1.47. The fourth-order valence-electron chi connectivity index (χ4n) is 0.991. The van der Waals surface area contributed by atoms with Crippen LogP contribution in [-0.2, 0) is 11.3 Å². The monoisotopic (exact) mass is 214 g/mol. The van der Waals surface area contributed by atoms with Gasteiger partial charge in [-0.15, -0.1) is 6.42 Å². The van der Waals surface area contributed by atoms with Crippen LogP contribution in [0.1, 0.15) is 5.56 Å². The van der Waals surface area contributed by atoms with Gasteiger partial charge in [0.1, 0.15) is 0 Å². The first-order valence-electron chi connectivity index (χ1n) is 4.22. The summed E-state index contributed by atoms with van der Waals surface area (Å²) in [6.45, 7) is -0.144. The molecule has 0 bridgehead atoms. The molecule has 0 heterocycles. The molecule has 0 aliphatic carbocycles. The molecule has 0 spiro atoms. The molecule has 0 saturated heterocycles. The van der Waals surface area contributed by atoms with Gasteiger partial charge in [-0.2, -0.15) is 13.2 Å². The van der Waals surface area contributed by atoms with Gasteiger partial charge in [0.05, 0.1) is 6.61 Å². The number of rotatable bonds is 3. The van der Waals surface area contributed by atoms with E-state index in [2.05, 4.69) is 4.74 Å². The van der Waals surface area contributed by atoms with Crippen LogP contribution in [-0.4, -0.2) is 12.3 Å². The van der Waals surface area contributed by atoms with E-state index in [1.807, 2.05) is 0 Å². The quantitative estimate of drug-likeness (QED) is 0.703. The zero-order valence-corrected chi connectivity index (χ0v) is 7.79. The lowest BCUT2D eigenvalue weighted by Crippen LogP contribution is -2.29. The van der Waals surface area contributed by atoms with Crippen molar-refractivity contribution in [1.82, 2.24) is 0 Å². The fourth-order valence-corrected chi connectivity index (χ4v) is 0.991. The minimum atomic E-state index is -4.51. The normalized spacial score (nSPS) is 13.2. The van der Waals surface area contributed by atoms with Crippen LogP contribution in [0.5, 0.6) is 0 Å². The van der Waals surface area contributed by atoms with E-state index in [4.69, 9.17) is 6.42 Å². The van der Waals surface area contributed by atoms with Gasteiger partial charge in [0.15, 0.2) is 0 Å². The van der Waals surface area contributed by atoms with Gasteiger partial charge in [0.25, 0.3) is 0 Å². The highest BCUT2D eigenvalue weighted by Gasteiger charge is 2.39. The molecule has 1 unspecified atom stereocenters. The molecule has 0 amide bonds. The molecule has 15 heavy (non-hydrogen) atoms. The van der Waals surface area contributed by atoms with Crippen molar-refractivity contribution in [1.29, 1.82) is 0 Å². The van der Waals surface area contributed by atoms with Gasteiger partial charge < -0.3 is 4.74 Å². The predicted molar refractivity (Wildman–Crippen MR) is 49.9 cm³/mol. The molecule has 4 heteroatoms. The summed E-state index contributed by atoms with van der Waals surface area (Å²) in [4.78, 5) is 0. The van der Waals surface area contributed by atoms with Crippen LogP contribution in [0.3, 0.4) is 0 Å². The van der Waals surface area contributed by atoms with E-state index >= 15 is 0 Å². The van der Waals surface area contributed by atoms with Gasteiger partial charge in [-0.25, -0.2) is 0 Å². The maximum Gasteiger partial charge on any atom is 0.426 e. The first kappa shape index (κ1) is 11.6. The summed E-state index contributed by atoms with van der Waals surface area (Å²) < 4.78 is 41.0. The fraction of sp³-hybridized carbons (Fsp3) is 0.273. The van der Waals surface area contributed by atoms with Gasteiger partial charge in [-0.3, -0.25) is 0 Å². The highest BCUT2D eigenvalue weighted by atomic mass is 19.4. The first-order valence-corrected chi connectivity index (χ1v) is 4.22. The highest BCUT2D eigenvalue weighted by Crippen LogP contribution is 2.23. The van der Waals surface area contributed by atoms with Crippen molar-refractivity contribution in [3.8, 4) is 12.3 Å². The summed E-state index contributed by atoms with van der Waals surface area (Å²) in [5.41, 5.74) is 0.655. The van der Waals surface area contributed by atoms with Gasteiger partial charge in [0.2, 0.25) is 6.10 Å². The largest absolute Gasteiger partial charge is 0.426 e. The molecule has 1 aromatic rings. The zero-order valence-electron chi connectivity index (χ0n) is 7.79. The van der Waals surface area contributed by atoms with E-state index < -0.39 is 12.3 Å². The Bertz CT molecular complexity index is 337. The molecule has 0 fully saturated rings. The number of benzene rings is 1. The van der Waals surface area contributed by atoms with E-state index in [0.29, 0.717) is 5.56 Å². The third-order valence-corrected chi connectivity index (χ3v) is 1.71. The smallest absolute Gasteiger partial charge is 0.352 e. The Morgan fingerprint density at radius 1 is 1.27 bits per heavy atom. The molecule has 0 aliphatic rings. The molecule has 80 valence electrons. The number of hydrogen-bond donors (Lipinski definition) is 0. The molecular formula is C11H9F3O. The highest BCUT2D eigenvalue weighted by molar-refractivity contribution is 5.13. The Labute approximate surface area is 85.9 Å². The lowest BCUT2D eigenvalue weighted by molar-refractivity contribution is -0.203. The summed E-state index contributed by atoms with van der Waals surface area (Å²) in [5, 5.41) is 0. The lowest BCUT2D eigenvalue weighted by atomic mass is 10.2. The minimum absolute atomic E-state index is 0.144. The van der Waals surface area contributed by atoms with Crippen molar-refractivity contribution in [2.75, 3.05) is 0 Å². The summed E-state index contributed by atoms with van der Waals surface area (Å²) in [7, 11) is 0. The second kappa shape index (κ2) is 4.85. The van der Waals surface area contributed by atoms with Gasteiger partial charge in [-0.1, -0.05) is 36.3 Å². The molecule has 1 aromatic carbocycles. The number of terminal acetylenes is 1. The molecule has 1 atom stereocenters. The van der Waals surface area contributed by atoms with Crippen molar-refractivity contribution in [2.45, 2.75) is 18.9 Å². The molecule has 1 nitrogen and oxygen atoms in total. The summed E-state index contributed by atoms with van der Waals surface area (Å²) in [6, 6.07) is 8.55. The first-order chi connectivity index (χ1) is 7.04. The average Bonchev–Trinajstić information content (AvgIpc) is 2.18. The number of hydrogen-bond acceptors (Lipinski definition) is 1. The Morgan fingerprint density at radius 3 is 2.33 bits per heavy atom. The summed E-state index contributed by atoms with van der Waals surface area (Å²) in [6.07, 6.45) is -1.92. The topological polar surface area (TPSA) is 9.23 Å². The number of alkyl halides is 3. The molecule has 0 aromatic heterocycles. The minimum Gasteiger partial charge on any atom is -0.352 e. The van der Waals surface area contributed by atoms with Crippen molar-refractivity contribution in [3.63, 3.8) is 0 Å². The summed E-state index contributed by atoms with van der Waals surface area (Å²) in [5.74, 6) is 1.57. The number of halogens is 3. The molecular weight excluding hydrogens is 205 g/mol. The van der Waals surface area contributed by atoms with Crippen molar-refractivity contribution < 1.29 is 17.9 Å². The van der Waals surface area contributed by atoms with Gasteiger partial charge in [-0.05, 0) is 5.56 Å². The lowest BCUT2D eigenvalue weighted by Gasteiger charge is -2.15. The molecule has 0 radical (unpaired) electrons. The second-order valence-electron chi connectivity index (χ2n) is 2.88. The van der Waals surface area contributed by atoms with Gasteiger partial charge in [0, 0.05) is 0 Å². The van der Waals surface area contributed by atoms with Crippen LogP contribution < -0.4 is 0 Å². The maximum atomic E-state index is 12.2. The van der Waals surface area contributed by atoms with Crippen LogP contribution in [0.4, 0.5) is 13.2 Å². The van der Waals surface area contributed by atoms with E-state index in [9.17, 15) is 13.2 Å². The van der Waals surface area contributed by atoms with Crippen molar-refractivity contribution in [3.05, 3.63) is 35.9 Å². The Kier molecular flexibility index (Phi) is 3.75. The molecule has 0 N–H and O–H groups in total. The molecule has 1 rings (SSSR count). The SMILES string of the molecule is C#CC(OCc1ccccc1)C(F)(F)F. The van der Waals surface area contributed by atoms with Crippen LogP contribution in [0, 0.1) is 12.3 Å². The van der Waals surface area contributed by atoms with Crippen molar-refractivity contribution >= 4 is 0 Å². The van der Waals surface area contributed by atoms with E-state index in [0.717, 1.165) is 0 Å². The van der Waals surface area contributed by atoms with E-state index in [1.54, 1.807) is 36.3 Å². The predicted octanol–water partition coefficient (Wildman–Crippen LogP) is 2.77. The maximum absolute atomic E-state index is 12.2. The van der Waals surface area contributed by atoms with Crippen LogP contribution in [0.15, 0.2) is 30.3 Å².